The zero-order chi connectivity index (χ0) is 44.6. The van der Waals surface area contributed by atoms with Crippen LogP contribution in [0, 0.1) is 0 Å². The van der Waals surface area contributed by atoms with Gasteiger partial charge in [-0.3, -0.25) is 0 Å². The summed E-state index contributed by atoms with van der Waals surface area (Å²) < 4.78 is 0. The fourth-order valence-corrected chi connectivity index (χ4v) is 10.1. The third-order valence-electron chi connectivity index (χ3n) is 13.2. The van der Waals surface area contributed by atoms with Gasteiger partial charge in [-0.2, -0.15) is 0 Å². The molecule has 0 amide bonds. The molecule has 1 aromatic heterocycles. The van der Waals surface area contributed by atoms with Crippen LogP contribution in [-0.4, -0.2) is 15.0 Å². The third kappa shape index (κ3) is 7.15. The SMILES string of the molecule is c1ccc(-c2ccc(-c3nc(-c4ccccc4)nc(-c4cccc(-c5cccc(-c6cc7c(cc6-c6ccccc6)-c6ccccc6C7(c6ccccc6)c6ccccc6)c5)c4)n3)cc2)cc1. The summed E-state index contributed by atoms with van der Waals surface area (Å²) in [5, 5.41) is 0. The van der Waals surface area contributed by atoms with Crippen molar-refractivity contribution in [3.63, 3.8) is 0 Å². The van der Waals surface area contributed by atoms with Gasteiger partial charge in [-0.25, -0.2) is 15.0 Å². The van der Waals surface area contributed by atoms with Crippen LogP contribution in [0.5, 0.6) is 0 Å². The lowest BCUT2D eigenvalue weighted by Crippen LogP contribution is -2.28. The predicted octanol–water partition coefficient (Wildman–Crippen LogP) is 15.9. The molecule has 3 nitrogen and oxygen atoms in total. The minimum atomic E-state index is -0.518. The average Bonchev–Trinajstić information content (AvgIpc) is 3.72. The zero-order valence-electron chi connectivity index (χ0n) is 36.7. The van der Waals surface area contributed by atoms with Gasteiger partial charge < -0.3 is 0 Å². The number of nitrogens with zero attached hydrogens (tertiary/aromatic N) is 3. The van der Waals surface area contributed by atoms with Gasteiger partial charge in [0.05, 0.1) is 5.41 Å². The summed E-state index contributed by atoms with van der Waals surface area (Å²) >= 11 is 0. The lowest BCUT2D eigenvalue weighted by molar-refractivity contribution is 0.769. The molecule has 0 saturated carbocycles. The molecule has 314 valence electrons. The number of benzene rings is 10. The molecule has 0 N–H and O–H groups in total. The van der Waals surface area contributed by atoms with Gasteiger partial charge in [0.15, 0.2) is 17.5 Å². The van der Waals surface area contributed by atoms with Gasteiger partial charge in [0.25, 0.3) is 0 Å². The molecule has 0 aliphatic heterocycles. The topological polar surface area (TPSA) is 38.7 Å². The molecular formula is C64H43N3. The zero-order valence-corrected chi connectivity index (χ0v) is 36.7. The highest BCUT2D eigenvalue weighted by atomic mass is 15.0. The summed E-state index contributed by atoms with van der Waals surface area (Å²) in [4.78, 5) is 15.3. The van der Waals surface area contributed by atoms with Gasteiger partial charge in [0, 0.05) is 16.7 Å². The van der Waals surface area contributed by atoms with E-state index < -0.39 is 5.41 Å². The van der Waals surface area contributed by atoms with Crippen molar-refractivity contribution >= 4 is 0 Å². The van der Waals surface area contributed by atoms with E-state index in [1.807, 2.05) is 24.3 Å². The molecule has 0 fully saturated rings. The lowest BCUT2D eigenvalue weighted by atomic mass is 9.67. The monoisotopic (exact) mass is 853 g/mol. The van der Waals surface area contributed by atoms with E-state index in [0.29, 0.717) is 17.5 Å². The second kappa shape index (κ2) is 17.0. The van der Waals surface area contributed by atoms with Gasteiger partial charge in [-0.15, -0.1) is 0 Å². The van der Waals surface area contributed by atoms with Crippen LogP contribution in [0.25, 0.3) is 89.8 Å². The molecule has 0 bridgehead atoms. The third-order valence-corrected chi connectivity index (χ3v) is 13.2. The molecular weight excluding hydrogens is 811 g/mol. The second-order valence-corrected chi connectivity index (χ2v) is 17.1. The van der Waals surface area contributed by atoms with Crippen molar-refractivity contribution in [3.05, 3.63) is 283 Å². The van der Waals surface area contributed by atoms with Gasteiger partial charge in [-0.05, 0) is 102 Å². The van der Waals surface area contributed by atoms with Crippen LogP contribution in [0.15, 0.2) is 261 Å². The summed E-state index contributed by atoms with van der Waals surface area (Å²) in [6, 6.07) is 93.4. The Morgan fingerprint density at radius 3 is 1.19 bits per heavy atom. The van der Waals surface area contributed by atoms with Crippen LogP contribution in [0.4, 0.5) is 0 Å². The number of rotatable bonds is 9. The summed E-state index contributed by atoms with van der Waals surface area (Å²) in [7, 11) is 0. The van der Waals surface area contributed by atoms with Crippen molar-refractivity contribution in [1.82, 2.24) is 15.0 Å². The molecule has 11 aromatic rings. The number of fused-ring (bicyclic) bond motifs is 3. The Labute approximate surface area is 391 Å². The van der Waals surface area contributed by atoms with E-state index in [0.717, 1.165) is 38.9 Å². The maximum absolute atomic E-state index is 5.14. The maximum Gasteiger partial charge on any atom is 0.164 e. The molecule has 10 aromatic carbocycles. The highest BCUT2D eigenvalue weighted by Gasteiger charge is 2.46. The second-order valence-electron chi connectivity index (χ2n) is 17.1. The molecule has 1 aliphatic rings. The van der Waals surface area contributed by atoms with Crippen molar-refractivity contribution in [2.75, 3.05) is 0 Å². The van der Waals surface area contributed by atoms with Gasteiger partial charge >= 0.3 is 0 Å². The molecule has 67 heavy (non-hydrogen) atoms. The van der Waals surface area contributed by atoms with Crippen LogP contribution in [0.1, 0.15) is 22.3 Å². The Morgan fingerprint density at radius 2 is 0.597 bits per heavy atom. The highest BCUT2D eigenvalue weighted by molar-refractivity contribution is 5.95. The highest BCUT2D eigenvalue weighted by Crippen LogP contribution is 2.58. The van der Waals surface area contributed by atoms with Crippen LogP contribution >= 0.6 is 0 Å². The Hall–Kier alpha value is -8.79. The summed E-state index contributed by atoms with van der Waals surface area (Å²) in [6.07, 6.45) is 0. The van der Waals surface area contributed by atoms with E-state index in [9.17, 15) is 0 Å². The van der Waals surface area contributed by atoms with Crippen LogP contribution in [0.2, 0.25) is 0 Å². The van der Waals surface area contributed by atoms with E-state index in [2.05, 4.69) is 237 Å². The molecule has 1 aliphatic carbocycles. The fraction of sp³-hybridized carbons (Fsp3) is 0.0156. The summed E-state index contributed by atoms with van der Waals surface area (Å²) in [5.41, 5.74) is 19.0. The van der Waals surface area contributed by atoms with Crippen molar-refractivity contribution in [2.45, 2.75) is 5.41 Å². The first-order chi connectivity index (χ1) is 33.2. The molecule has 12 rings (SSSR count). The minimum absolute atomic E-state index is 0.518. The van der Waals surface area contributed by atoms with Crippen molar-refractivity contribution in [1.29, 1.82) is 0 Å². The van der Waals surface area contributed by atoms with E-state index in [1.165, 1.54) is 55.6 Å². The van der Waals surface area contributed by atoms with Crippen molar-refractivity contribution < 1.29 is 0 Å². The summed E-state index contributed by atoms with van der Waals surface area (Å²) in [6.45, 7) is 0. The van der Waals surface area contributed by atoms with E-state index in [1.54, 1.807) is 0 Å². The van der Waals surface area contributed by atoms with E-state index >= 15 is 0 Å². The van der Waals surface area contributed by atoms with Crippen LogP contribution in [0.3, 0.4) is 0 Å². The number of hydrogen-bond donors (Lipinski definition) is 0. The molecule has 0 unspecified atom stereocenters. The molecule has 0 spiro atoms. The largest absolute Gasteiger partial charge is 0.208 e. The smallest absolute Gasteiger partial charge is 0.164 e. The predicted molar refractivity (Wildman–Crippen MR) is 275 cm³/mol. The molecule has 3 heteroatoms. The first kappa shape index (κ1) is 39.8. The van der Waals surface area contributed by atoms with Gasteiger partial charge in [-0.1, -0.05) is 237 Å². The fourth-order valence-electron chi connectivity index (χ4n) is 10.1. The van der Waals surface area contributed by atoms with E-state index in [-0.39, 0.29) is 0 Å². The Bertz CT molecular complexity index is 3500. The van der Waals surface area contributed by atoms with Crippen molar-refractivity contribution in [2.24, 2.45) is 0 Å². The minimum Gasteiger partial charge on any atom is -0.208 e. The van der Waals surface area contributed by atoms with Crippen LogP contribution in [-0.2, 0) is 5.41 Å². The van der Waals surface area contributed by atoms with Crippen molar-refractivity contribution in [3.8, 4) is 89.8 Å². The molecule has 0 radical (unpaired) electrons. The summed E-state index contributed by atoms with van der Waals surface area (Å²) in [5.74, 6) is 1.89. The molecule has 0 atom stereocenters. The van der Waals surface area contributed by atoms with Gasteiger partial charge in [0.2, 0.25) is 0 Å². The number of hydrogen-bond acceptors (Lipinski definition) is 3. The Morgan fingerprint density at radius 1 is 0.209 bits per heavy atom. The average molecular weight is 854 g/mol. The first-order valence-corrected chi connectivity index (χ1v) is 22.8. The van der Waals surface area contributed by atoms with E-state index in [4.69, 9.17) is 15.0 Å². The van der Waals surface area contributed by atoms with Gasteiger partial charge in [0.1, 0.15) is 0 Å². The Kier molecular flexibility index (Phi) is 10.1. The Balaban J connectivity index is 0.998. The van der Waals surface area contributed by atoms with Crippen LogP contribution < -0.4 is 0 Å². The number of aromatic nitrogens is 3. The normalized spacial score (nSPS) is 12.3. The first-order valence-electron chi connectivity index (χ1n) is 22.8. The molecule has 1 heterocycles. The maximum atomic E-state index is 5.14. The standard InChI is InChI=1S/C64H43N3/c1-6-20-44(21-7-1)45-36-38-48(39-37-45)62-65-61(47-24-10-3-11-25-47)66-63(67-62)52-29-19-27-50(41-52)49-26-18-28-51(40-49)57-43-60-58(42-56(57)46-22-8-2-9-23-46)55-34-16-17-35-59(55)64(60,53-30-12-4-13-31-53)54-32-14-5-15-33-54/h1-43H. The molecule has 0 saturated heterocycles. The lowest BCUT2D eigenvalue weighted by Gasteiger charge is -2.34. The quantitative estimate of drug-likeness (QED) is 0.145.